The molecule has 0 aromatic rings. The number of carbonyl (C=O) groups excluding carboxylic acids is 2. The maximum Gasteiger partial charge on any atom is 0.303 e. The van der Waals surface area contributed by atoms with Gasteiger partial charge in [0.1, 0.15) is 6.10 Å². The Morgan fingerprint density at radius 1 is 1.03 bits per heavy atom. The summed E-state index contributed by atoms with van der Waals surface area (Å²) < 4.78 is 4.95. The average Bonchev–Trinajstić information content (AvgIpc) is 2.72. The van der Waals surface area contributed by atoms with Crippen molar-refractivity contribution in [2.75, 3.05) is 13.2 Å². The van der Waals surface area contributed by atoms with Crippen LogP contribution in [0.4, 0.5) is 0 Å². The van der Waals surface area contributed by atoms with Gasteiger partial charge in [0.2, 0.25) is 5.91 Å². The Kier molecular flexibility index (Phi) is 15.7. The topological polar surface area (TPSA) is 116 Å². The highest BCUT2D eigenvalue weighted by Gasteiger charge is 2.21. The summed E-state index contributed by atoms with van der Waals surface area (Å²) in [4.78, 5) is 23.1. The molecule has 34 heavy (non-hydrogen) atoms. The van der Waals surface area contributed by atoms with Gasteiger partial charge in [-0.2, -0.15) is 0 Å². The van der Waals surface area contributed by atoms with E-state index in [1.165, 1.54) is 19.1 Å². The van der Waals surface area contributed by atoms with Gasteiger partial charge >= 0.3 is 5.97 Å². The second-order valence-corrected chi connectivity index (χ2v) is 9.95. The molecule has 0 rings (SSSR count). The van der Waals surface area contributed by atoms with E-state index in [1.54, 1.807) is 13.8 Å². The van der Waals surface area contributed by atoms with Gasteiger partial charge in [-0.05, 0) is 70.3 Å². The predicted octanol–water partition coefficient (Wildman–Crippen LogP) is 3.69. The first-order valence-electron chi connectivity index (χ1n) is 12.2. The van der Waals surface area contributed by atoms with Crippen molar-refractivity contribution in [1.29, 1.82) is 0 Å². The van der Waals surface area contributed by atoms with Crippen molar-refractivity contribution in [3.8, 4) is 0 Å². The minimum absolute atomic E-state index is 0.0226. The summed E-state index contributed by atoms with van der Waals surface area (Å²) >= 11 is 0. The number of esters is 1. The van der Waals surface area contributed by atoms with E-state index in [9.17, 15) is 19.8 Å². The number of hydrogen-bond acceptors (Lipinski definition) is 6. The average molecular weight is 482 g/mol. The van der Waals surface area contributed by atoms with Crippen LogP contribution in [0.25, 0.3) is 0 Å². The van der Waals surface area contributed by atoms with Crippen LogP contribution < -0.4 is 5.32 Å². The van der Waals surface area contributed by atoms with Gasteiger partial charge in [-0.25, -0.2) is 0 Å². The van der Waals surface area contributed by atoms with Crippen LogP contribution in [-0.2, 0) is 14.3 Å². The fraction of sp³-hybridized carbons (Fsp3) is 0.704. The van der Waals surface area contributed by atoms with E-state index in [4.69, 9.17) is 9.84 Å². The van der Waals surface area contributed by atoms with E-state index in [0.29, 0.717) is 25.2 Å². The Morgan fingerprint density at radius 3 is 2.24 bits per heavy atom. The lowest BCUT2D eigenvalue weighted by Crippen LogP contribution is -2.38. The number of hydrogen-bond donors (Lipinski definition) is 4. The summed E-state index contributed by atoms with van der Waals surface area (Å²) in [6.07, 6.45) is 11.2. The Hall–Kier alpha value is -1.96. The van der Waals surface area contributed by atoms with Crippen molar-refractivity contribution in [2.24, 2.45) is 17.8 Å². The summed E-state index contributed by atoms with van der Waals surface area (Å²) in [5.41, 5.74) is 0.279. The van der Waals surface area contributed by atoms with Crippen molar-refractivity contribution >= 4 is 11.9 Å². The van der Waals surface area contributed by atoms with E-state index < -0.39 is 17.7 Å². The first kappa shape index (κ1) is 32.0. The van der Waals surface area contributed by atoms with E-state index >= 15 is 0 Å². The molecule has 0 heterocycles. The smallest absolute Gasteiger partial charge is 0.303 e. The number of amides is 1. The number of carbonyl (C=O) groups is 2. The summed E-state index contributed by atoms with van der Waals surface area (Å²) in [6, 6.07) is -0.351. The number of aliphatic hydroxyl groups is 3. The van der Waals surface area contributed by atoms with Crippen molar-refractivity contribution in [3.63, 3.8) is 0 Å². The van der Waals surface area contributed by atoms with Gasteiger partial charge < -0.3 is 25.4 Å². The number of rotatable bonds is 16. The monoisotopic (exact) mass is 481 g/mol. The zero-order valence-corrected chi connectivity index (χ0v) is 22.1. The van der Waals surface area contributed by atoms with Crippen molar-refractivity contribution in [3.05, 3.63) is 36.0 Å². The quantitative estimate of drug-likeness (QED) is 0.152. The second-order valence-electron chi connectivity index (χ2n) is 9.95. The molecule has 0 radical (unpaired) electrons. The molecule has 0 saturated carbocycles. The summed E-state index contributed by atoms with van der Waals surface area (Å²) in [5.74, 6) is 0.0969. The van der Waals surface area contributed by atoms with Gasteiger partial charge in [-0.15, -0.1) is 0 Å². The lowest BCUT2D eigenvalue weighted by Gasteiger charge is -2.24. The van der Waals surface area contributed by atoms with Gasteiger partial charge in [0.25, 0.3) is 0 Å². The fourth-order valence-electron chi connectivity index (χ4n) is 3.73. The van der Waals surface area contributed by atoms with Crippen LogP contribution in [-0.4, -0.2) is 58.2 Å². The van der Waals surface area contributed by atoms with E-state index in [-0.39, 0.29) is 37.0 Å². The number of allylic oxidation sites excluding steroid dienone is 4. The third-order valence-corrected chi connectivity index (χ3v) is 5.98. The standard InChI is InChI=1S/C27H47NO6/c1-19(8-9-20(2)17-27(7,33)14-15-29)10-11-21(3)22(4)16-25(18-30)28-26(32)13-12-23(5)34-24(6)31/h8-10,12-13,20-23,25,29-30,33H,11,14-18H2,1-7H3,(H,28,32)/b9-8+,13-12-,19-10+. The van der Waals surface area contributed by atoms with Crippen LogP contribution in [0.5, 0.6) is 0 Å². The van der Waals surface area contributed by atoms with Gasteiger partial charge in [0.05, 0.1) is 18.2 Å². The van der Waals surface area contributed by atoms with E-state index in [2.05, 4.69) is 44.3 Å². The van der Waals surface area contributed by atoms with Crippen molar-refractivity contribution in [1.82, 2.24) is 5.32 Å². The van der Waals surface area contributed by atoms with Gasteiger partial charge in [-0.1, -0.05) is 44.6 Å². The molecule has 7 heteroatoms. The van der Waals surface area contributed by atoms with Crippen LogP contribution in [0.2, 0.25) is 0 Å². The van der Waals surface area contributed by atoms with Crippen molar-refractivity contribution in [2.45, 2.75) is 91.9 Å². The molecule has 0 aromatic heterocycles. The molecule has 0 aliphatic rings. The van der Waals surface area contributed by atoms with E-state index in [1.807, 2.05) is 6.92 Å². The molecule has 1 amide bonds. The number of ether oxygens (including phenoxy) is 1. The Morgan fingerprint density at radius 2 is 1.68 bits per heavy atom. The van der Waals surface area contributed by atoms with Crippen LogP contribution in [0.3, 0.4) is 0 Å². The predicted molar refractivity (Wildman–Crippen MR) is 136 cm³/mol. The molecular formula is C27H47NO6. The molecule has 0 fully saturated rings. The minimum Gasteiger partial charge on any atom is -0.459 e. The molecule has 0 spiro atoms. The largest absolute Gasteiger partial charge is 0.459 e. The zero-order chi connectivity index (χ0) is 26.3. The maximum absolute atomic E-state index is 12.1. The van der Waals surface area contributed by atoms with E-state index in [0.717, 1.165) is 12.0 Å². The lowest BCUT2D eigenvalue weighted by atomic mass is 9.87. The van der Waals surface area contributed by atoms with Crippen LogP contribution >= 0.6 is 0 Å². The Balaban J connectivity index is 4.66. The number of aliphatic hydroxyl groups excluding tert-OH is 2. The Bertz CT molecular complexity index is 697. The van der Waals surface area contributed by atoms with Crippen LogP contribution in [0.1, 0.15) is 74.1 Å². The first-order valence-corrected chi connectivity index (χ1v) is 12.2. The summed E-state index contributed by atoms with van der Waals surface area (Å²) in [5, 5.41) is 31.8. The molecule has 0 saturated heterocycles. The molecule has 6 atom stereocenters. The molecule has 7 nitrogen and oxygen atoms in total. The zero-order valence-electron chi connectivity index (χ0n) is 22.1. The van der Waals surface area contributed by atoms with Gasteiger partial charge in [-0.3, -0.25) is 9.59 Å². The molecule has 0 aliphatic carbocycles. The maximum atomic E-state index is 12.1. The highest BCUT2D eigenvalue weighted by atomic mass is 16.5. The summed E-state index contributed by atoms with van der Waals surface area (Å²) in [6.45, 7) is 12.9. The highest BCUT2D eigenvalue weighted by Crippen LogP contribution is 2.23. The molecule has 4 N–H and O–H groups in total. The molecular weight excluding hydrogens is 434 g/mol. The fourth-order valence-corrected chi connectivity index (χ4v) is 3.73. The third kappa shape index (κ3) is 15.8. The Labute approximate surface area is 206 Å². The lowest BCUT2D eigenvalue weighted by molar-refractivity contribution is -0.143. The van der Waals surface area contributed by atoms with Gasteiger partial charge in [0.15, 0.2) is 0 Å². The highest BCUT2D eigenvalue weighted by molar-refractivity contribution is 5.87. The molecule has 196 valence electrons. The molecule has 0 aliphatic heterocycles. The molecule has 0 bridgehead atoms. The molecule has 6 unspecified atom stereocenters. The first-order chi connectivity index (χ1) is 15.8. The van der Waals surface area contributed by atoms with Crippen LogP contribution in [0, 0.1) is 17.8 Å². The van der Waals surface area contributed by atoms with Crippen LogP contribution in [0.15, 0.2) is 36.0 Å². The van der Waals surface area contributed by atoms with Crippen molar-refractivity contribution < 1.29 is 29.6 Å². The summed E-state index contributed by atoms with van der Waals surface area (Å²) in [7, 11) is 0. The minimum atomic E-state index is -0.866. The number of nitrogens with one attached hydrogen (secondary N) is 1. The normalized spacial score (nSPS) is 18.8. The molecule has 0 aromatic carbocycles. The van der Waals surface area contributed by atoms with Gasteiger partial charge in [0, 0.05) is 19.6 Å². The second kappa shape index (κ2) is 16.6. The SMILES string of the molecule is CC(=O)OC(C)/C=C\C(=O)NC(CO)CC(C)C(C)C/C=C(C)/C=C/C(C)CC(C)(O)CCO. The third-order valence-electron chi connectivity index (χ3n) is 5.98.